The molecule has 1 fully saturated rings. The van der Waals surface area contributed by atoms with Crippen molar-refractivity contribution in [1.29, 1.82) is 0 Å². The molecule has 0 aliphatic carbocycles. The van der Waals surface area contributed by atoms with Gasteiger partial charge in [0, 0.05) is 24.1 Å². The summed E-state index contributed by atoms with van der Waals surface area (Å²) in [6.45, 7) is 1.50. The van der Waals surface area contributed by atoms with E-state index in [1.165, 1.54) is 19.3 Å². The second-order valence-corrected chi connectivity index (χ2v) is 6.85. The zero-order valence-corrected chi connectivity index (χ0v) is 15.5. The van der Waals surface area contributed by atoms with Crippen molar-refractivity contribution in [2.45, 2.75) is 44.7 Å². The second kappa shape index (κ2) is 8.85. The van der Waals surface area contributed by atoms with E-state index in [-0.39, 0.29) is 5.91 Å². The molecule has 2 heterocycles. The SMILES string of the molecule is COc1ccc(-c2cc(CNC(=O)CC[C@@H]3CCCCN3C)on2)cc1. The van der Waals surface area contributed by atoms with E-state index in [0.29, 0.717) is 24.8 Å². The van der Waals surface area contributed by atoms with Crippen LogP contribution in [0.3, 0.4) is 0 Å². The van der Waals surface area contributed by atoms with Crippen LogP contribution in [0.4, 0.5) is 0 Å². The Kier molecular flexibility index (Phi) is 6.28. The summed E-state index contributed by atoms with van der Waals surface area (Å²) in [7, 11) is 3.79. The van der Waals surface area contributed by atoms with Crippen molar-refractivity contribution in [1.82, 2.24) is 15.4 Å². The van der Waals surface area contributed by atoms with E-state index in [1.54, 1.807) is 7.11 Å². The van der Waals surface area contributed by atoms with Gasteiger partial charge in [-0.25, -0.2) is 0 Å². The predicted octanol–water partition coefficient (Wildman–Crippen LogP) is 3.23. The summed E-state index contributed by atoms with van der Waals surface area (Å²) in [4.78, 5) is 14.5. The number of piperidine rings is 1. The van der Waals surface area contributed by atoms with E-state index in [4.69, 9.17) is 9.26 Å². The minimum Gasteiger partial charge on any atom is -0.497 e. The monoisotopic (exact) mass is 357 g/mol. The summed E-state index contributed by atoms with van der Waals surface area (Å²) >= 11 is 0. The molecule has 0 bridgehead atoms. The van der Waals surface area contributed by atoms with Gasteiger partial charge in [0.05, 0.1) is 13.7 Å². The van der Waals surface area contributed by atoms with Crippen molar-refractivity contribution in [2.24, 2.45) is 0 Å². The zero-order chi connectivity index (χ0) is 18.4. The summed E-state index contributed by atoms with van der Waals surface area (Å²) in [5.41, 5.74) is 1.70. The van der Waals surface area contributed by atoms with E-state index in [2.05, 4.69) is 22.4 Å². The first-order valence-electron chi connectivity index (χ1n) is 9.22. The van der Waals surface area contributed by atoms with Crippen LogP contribution in [0.1, 0.15) is 37.9 Å². The molecule has 0 radical (unpaired) electrons. The molecule has 1 amide bonds. The minimum absolute atomic E-state index is 0.0615. The van der Waals surface area contributed by atoms with Gasteiger partial charge in [-0.1, -0.05) is 11.6 Å². The Morgan fingerprint density at radius 2 is 2.15 bits per heavy atom. The first-order valence-corrected chi connectivity index (χ1v) is 9.22. The van der Waals surface area contributed by atoms with E-state index >= 15 is 0 Å². The lowest BCUT2D eigenvalue weighted by Gasteiger charge is -2.32. The molecule has 1 N–H and O–H groups in total. The lowest BCUT2D eigenvalue weighted by Crippen LogP contribution is -2.37. The number of nitrogens with one attached hydrogen (secondary N) is 1. The first kappa shape index (κ1) is 18.5. The fourth-order valence-corrected chi connectivity index (χ4v) is 3.37. The highest BCUT2D eigenvalue weighted by Crippen LogP contribution is 2.22. The maximum absolute atomic E-state index is 12.1. The molecule has 0 unspecified atom stereocenters. The molecule has 1 aromatic carbocycles. The Labute approximate surface area is 154 Å². The van der Waals surface area contributed by atoms with E-state index < -0.39 is 0 Å². The summed E-state index contributed by atoms with van der Waals surface area (Å²) in [5.74, 6) is 1.51. The van der Waals surface area contributed by atoms with Gasteiger partial charge in [0.15, 0.2) is 5.76 Å². The number of nitrogens with zero attached hydrogens (tertiary/aromatic N) is 2. The molecule has 140 valence electrons. The quantitative estimate of drug-likeness (QED) is 0.824. The van der Waals surface area contributed by atoms with Gasteiger partial charge in [-0.3, -0.25) is 4.79 Å². The van der Waals surface area contributed by atoms with Gasteiger partial charge >= 0.3 is 0 Å². The van der Waals surface area contributed by atoms with Crippen molar-refractivity contribution in [3.63, 3.8) is 0 Å². The predicted molar refractivity (Wildman–Crippen MR) is 99.8 cm³/mol. The average Bonchev–Trinajstić information content (AvgIpc) is 3.15. The molecular weight excluding hydrogens is 330 g/mol. The molecule has 3 rings (SSSR count). The Hall–Kier alpha value is -2.34. The third kappa shape index (κ3) is 4.85. The van der Waals surface area contributed by atoms with Crippen LogP contribution >= 0.6 is 0 Å². The van der Waals surface area contributed by atoms with Crippen LogP contribution < -0.4 is 10.1 Å². The number of rotatable bonds is 7. The standard InChI is InChI=1S/C20H27N3O3/c1-23-12-4-3-5-16(23)8-11-20(24)21-14-18-13-19(22-26-18)15-6-9-17(25-2)10-7-15/h6-7,9-10,13,16H,3-5,8,11-12,14H2,1-2H3,(H,21,24)/t16-/m0/s1. The number of hydrogen-bond donors (Lipinski definition) is 1. The van der Waals surface area contributed by atoms with E-state index in [0.717, 1.165) is 30.0 Å². The van der Waals surface area contributed by atoms with Gasteiger partial charge in [-0.05, 0) is 57.1 Å². The zero-order valence-electron chi connectivity index (χ0n) is 15.5. The lowest BCUT2D eigenvalue weighted by molar-refractivity contribution is -0.121. The van der Waals surface area contributed by atoms with E-state index in [1.807, 2.05) is 30.3 Å². The molecule has 6 nitrogen and oxygen atoms in total. The molecule has 1 saturated heterocycles. The molecule has 1 atom stereocenters. The molecular formula is C20H27N3O3. The van der Waals surface area contributed by atoms with Crippen LogP contribution in [-0.2, 0) is 11.3 Å². The molecule has 26 heavy (non-hydrogen) atoms. The Bertz CT molecular complexity index is 711. The van der Waals surface area contributed by atoms with Gasteiger partial charge in [-0.15, -0.1) is 0 Å². The number of benzene rings is 1. The van der Waals surface area contributed by atoms with Crippen LogP contribution in [-0.4, -0.2) is 42.7 Å². The Morgan fingerprint density at radius 1 is 1.35 bits per heavy atom. The number of methoxy groups -OCH3 is 1. The van der Waals surface area contributed by atoms with Crippen molar-refractivity contribution in [2.75, 3.05) is 20.7 Å². The topological polar surface area (TPSA) is 67.6 Å². The Morgan fingerprint density at radius 3 is 2.88 bits per heavy atom. The second-order valence-electron chi connectivity index (χ2n) is 6.85. The van der Waals surface area contributed by atoms with Crippen molar-refractivity contribution in [3.8, 4) is 17.0 Å². The highest BCUT2D eigenvalue weighted by atomic mass is 16.5. The van der Waals surface area contributed by atoms with E-state index in [9.17, 15) is 4.79 Å². The van der Waals surface area contributed by atoms with Crippen LogP contribution in [0.2, 0.25) is 0 Å². The number of ether oxygens (including phenoxy) is 1. The maximum atomic E-state index is 12.1. The number of carbonyl (C=O) groups is 1. The summed E-state index contributed by atoms with van der Waals surface area (Å²) < 4.78 is 10.5. The number of likely N-dealkylation sites (tertiary alicyclic amines) is 1. The van der Waals surface area contributed by atoms with Crippen LogP contribution in [0.25, 0.3) is 11.3 Å². The number of hydrogen-bond acceptors (Lipinski definition) is 5. The molecule has 1 aliphatic rings. The van der Waals surface area contributed by atoms with Crippen molar-refractivity contribution in [3.05, 3.63) is 36.1 Å². The van der Waals surface area contributed by atoms with Gasteiger partial charge < -0.3 is 19.5 Å². The van der Waals surface area contributed by atoms with Crippen molar-refractivity contribution >= 4 is 5.91 Å². The van der Waals surface area contributed by atoms with Crippen LogP contribution in [0, 0.1) is 0 Å². The molecule has 0 saturated carbocycles. The van der Waals surface area contributed by atoms with Crippen molar-refractivity contribution < 1.29 is 14.1 Å². The van der Waals surface area contributed by atoms with Gasteiger partial charge in [0.2, 0.25) is 5.91 Å². The van der Waals surface area contributed by atoms with Crippen LogP contribution in [0.15, 0.2) is 34.9 Å². The number of carbonyl (C=O) groups excluding carboxylic acids is 1. The highest BCUT2D eigenvalue weighted by Gasteiger charge is 2.19. The summed E-state index contributed by atoms with van der Waals surface area (Å²) in [6, 6.07) is 10.0. The summed E-state index contributed by atoms with van der Waals surface area (Å²) in [6.07, 6.45) is 5.19. The lowest BCUT2D eigenvalue weighted by atomic mass is 9.98. The van der Waals surface area contributed by atoms with Gasteiger partial charge in [0.25, 0.3) is 0 Å². The highest BCUT2D eigenvalue weighted by molar-refractivity contribution is 5.75. The Balaban J connectivity index is 1.45. The normalized spacial score (nSPS) is 17.8. The third-order valence-electron chi connectivity index (χ3n) is 5.03. The fourth-order valence-electron chi connectivity index (χ4n) is 3.37. The molecule has 0 spiro atoms. The largest absolute Gasteiger partial charge is 0.497 e. The first-order chi connectivity index (χ1) is 12.7. The summed E-state index contributed by atoms with van der Waals surface area (Å²) in [5, 5.41) is 7.00. The molecule has 1 aromatic heterocycles. The third-order valence-corrected chi connectivity index (χ3v) is 5.03. The van der Waals surface area contributed by atoms with Gasteiger partial charge in [-0.2, -0.15) is 0 Å². The maximum Gasteiger partial charge on any atom is 0.220 e. The molecule has 2 aromatic rings. The number of aromatic nitrogens is 1. The average molecular weight is 357 g/mol. The molecule has 6 heteroatoms. The van der Waals surface area contributed by atoms with Gasteiger partial charge in [0.1, 0.15) is 11.4 Å². The minimum atomic E-state index is 0.0615. The smallest absolute Gasteiger partial charge is 0.220 e. The number of amides is 1. The fraction of sp³-hybridized carbons (Fsp3) is 0.500. The van der Waals surface area contributed by atoms with Crippen LogP contribution in [0.5, 0.6) is 5.75 Å². The molecule has 1 aliphatic heterocycles.